The summed E-state index contributed by atoms with van der Waals surface area (Å²) in [7, 11) is 6.94. The molecule has 1 amide bonds. The van der Waals surface area contributed by atoms with Crippen molar-refractivity contribution in [2.24, 2.45) is 7.05 Å². The molecule has 1 atom stereocenters. The van der Waals surface area contributed by atoms with Gasteiger partial charge in [-0.15, -0.1) is 0 Å². The number of fused-ring (bicyclic) bond motifs is 1. The lowest BCUT2D eigenvalue weighted by molar-refractivity contribution is -0.121. The first-order chi connectivity index (χ1) is 17.0. The minimum Gasteiger partial charge on any atom is -0.497 e. The van der Waals surface area contributed by atoms with Gasteiger partial charge in [-0.3, -0.25) is 4.79 Å². The molecule has 0 fully saturated rings. The van der Waals surface area contributed by atoms with E-state index in [0.29, 0.717) is 30.9 Å². The van der Waals surface area contributed by atoms with Gasteiger partial charge < -0.3 is 24.1 Å². The molecular formula is C29H32N2O4. The lowest BCUT2D eigenvalue weighted by Gasteiger charge is -2.18. The molecule has 0 saturated heterocycles. The molecule has 1 N–H and O–H groups in total. The van der Waals surface area contributed by atoms with Crippen LogP contribution in [0.2, 0.25) is 0 Å². The second kappa shape index (κ2) is 11.0. The Balaban J connectivity index is 1.51. The first-order valence-electron chi connectivity index (χ1n) is 11.7. The molecule has 1 unspecified atom stereocenters. The Morgan fingerprint density at radius 1 is 0.914 bits per heavy atom. The molecule has 6 nitrogen and oxygen atoms in total. The number of rotatable bonds is 10. The smallest absolute Gasteiger partial charge is 0.220 e. The molecular weight excluding hydrogens is 440 g/mol. The van der Waals surface area contributed by atoms with E-state index < -0.39 is 0 Å². The van der Waals surface area contributed by atoms with E-state index in [9.17, 15) is 4.79 Å². The topological polar surface area (TPSA) is 61.7 Å². The Hall–Kier alpha value is -3.93. The molecule has 6 heteroatoms. The van der Waals surface area contributed by atoms with Crippen LogP contribution in [-0.4, -0.2) is 38.3 Å². The lowest BCUT2D eigenvalue weighted by atomic mass is 9.88. The van der Waals surface area contributed by atoms with Crippen molar-refractivity contribution < 1.29 is 19.0 Å². The number of aryl methyl sites for hydroxylation is 1. The maximum atomic E-state index is 13.1. The van der Waals surface area contributed by atoms with Crippen LogP contribution in [0, 0.1) is 0 Å². The molecule has 3 aromatic carbocycles. The standard InChI is InChI=1S/C29H32N2O4/c1-31-19-25(23-7-5-6-8-26(23)31)24(21-10-12-22(33-2)13-11-21)18-29(32)30-16-15-20-9-14-27(34-3)28(17-20)35-4/h5-14,17,19,24H,15-16,18H2,1-4H3,(H,30,32). The zero-order chi connectivity index (χ0) is 24.8. The number of amides is 1. The number of para-hydroxylation sites is 1. The number of carbonyl (C=O) groups is 1. The Bertz CT molecular complexity index is 1290. The van der Waals surface area contributed by atoms with Crippen LogP contribution >= 0.6 is 0 Å². The van der Waals surface area contributed by atoms with E-state index in [1.807, 2.05) is 61.6 Å². The van der Waals surface area contributed by atoms with E-state index >= 15 is 0 Å². The number of aromatic nitrogens is 1. The fourth-order valence-electron chi connectivity index (χ4n) is 4.53. The Kier molecular flexibility index (Phi) is 7.60. The van der Waals surface area contributed by atoms with E-state index in [-0.39, 0.29) is 11.8 Å². The fourth-order valence-corrected chi connectivity index (χ4v) is 4.53. The number of hydrogen-bond acceptors (Lipinski definition) is 4. The highest BCUT2D eigenvalue weighted by molar-refractivity contribution is 5.86. The van der Waals surface area contributed by atoms with Crippen LogP contribution < -0.4 is 19.5 Å². The lowest BCUT2D eigenvalue weighted by Crippen LogP contribution is -2.27. The van der Waals surface area contributed by atoms with Gasteiger partial charge in [-0.2, -0.15) is 0 Å². The molecule has 1 heterocycles. The van der Waals surface area contributed by atoms with E-state index in [4.69, 9.17) is 14.2 Å². The Morgan fingerprint density at radius 3 is 2.37 bits per heavy atom. The second-order valence-electron chi connectivity index (χ2n) is 8.53. The van der Waals surface area contributed by atoms with Crippen molar-refractivity contribution in [1.82, 2.24) is 9.88 Å². The van der Waals surface area contributed by atoms with Crippen LogP contribution in [0.1, 0.15) is 29.0 Å². The summed E-state index contributed by atoms with van der Waals surface area (Å²) in [4.78, 5) is 13.1. The van der Waals surface area contributed by atoms with Crippen molar-refractivity contribution in [3.8, 4) is 17.2 Å². The van der Waals surface area contributed by atoms with Gasteiger partial charge in [-0.05, 0) is 53.4 Å². The summed E-state index contributed by atoms with van der Waals surface area (Å²) in [6, 6.07) is 22.1. The highest BCUT2D eigenvalue weighted by Crippen LogP contribution is 2.35. The molecule has 0 spiro atoms. The number of nitrogens with one attached hydrogen (secondary N) is 1. The maximum Gasteiger partial charge on any atom is 0.220 e. The minimum absolute atomic E-state index is 0.0132. The molecule has 4 aromatic rings. The largest absolute Gasteiger partial charge is 0.497 e. The van der Waals surface area contributed by atoms with Crippen LogP contribution in [0.5, 0.6) is 17.2 Å². The zero-order valence-corrected chi connectivity index (χ0v) is 20.7. The molecule has 0 bridgehead atoms. The van der Waals surface area contributed by atoms with Crippen LogP contribution in [0.25, 0.3) is 10.9 Å². The van der Waals surface area contributed by atoms with Crippen molar-refractivity contribution in [1.29, 1.82) is 0 Å². The molecule has 35 heavy (non-hydrogen) atoms. The van der Waals surface area contributed by atoms with Crippen molar-refractivity contribution in [3.05, 3.63) is 89.6 Å². The predicted molar refractivity (Wildman–Crippen MR) is 139 cm³/mol. The monoisotopic (exact) mass is 472 g/mol. The fraction of sp³-hybridized carbons (Fsp3) is 0.276. The van der Waals surface area contributed by atoms with Crippen LogP contribution in [0.3, 0.4) is 0 Å². The highest BCUT2D eigenvalue weighted by atomic mass is 16.5. The molecule has 182 valence electrons. The molecule has 0 radical (unpaired) electrons. The Labute approximate surface area is 206 Å². The van der Waals surface area contributed by atoms with Crippen molar-refractivity contribution >= 4 is 16.8 Å². The normalized spacial score (nSPS) is 11.8. The Morgan fingerprint density at radius 2 is 1.66 bits per heavy atom. The van der Waals surface area contributed by atoms with Crippen molar-refractivity contribution in [2.45, 2.75) is 18.8 Å². The van der Waals surface area contributed by atoms with Gasteiger partial charge in [0, 0.05) is 43.0 Å². The molecule has 1 aromatic heterocycles. The van der Waals surface area contributed by atoms with Crippen LogP contribution in [0.4, 0.5) is 0 Å². The van der Waals surface area contributed by atoms with Crippen molar-refractivity contribution in [3.63, 3.8) is 0 Å². The first kappa shape index (κ1) is 24.2. The van der Waals surface area contributed by atoms with Crippen LogP contribution in [0.15, 0.2) is 72.9 Å². The van der Waals surface area contributed by atoms with E-state index in [1.165, 1.54) is 0 Å². The molecule has 0 aliphatic rings. The first-order valence-corrected chi connectivity index (χ1v) is 11.7. The number of carbonyl (C=O) groups excluding carboxylic acids is 1. The molecule has 0 aliphatic carbocycles. The average molecular weight is 473 g/mol. The zero-order valence-electron chi connectivity index (χ0n) is 20.7. The summed E-state index contributed by atoms with van der Waals surface area (Å²) in [5.74, 6) is 2.11. The van der Waals surface area contributed by atoms with Crippen LogP contribution in [-0.2, 0) is 18.3 Å². The number of nitrogens with zero attached hydrogens (tertiary/aromatic N) is 1. The quantitative estimate of drug-likeness (QED) is 0.349. The summed E-state index contributed by atoms with van der Waals surface area (Å²) in [5, 5.41) is 4.26. The summed E-state index contributed by atoms with van der Waals surface area (Å²) in [5.41, 5.74) is 4.44. The number of ether oxygens (including phenoxy) is 3. The molecule has 0 saturated carbocycles. The summed E-state index contributed by atoms with van der Waals surface area (Å²) in [6.45, 7) is 0.541. The SMILES string of the molecule is COc1ccc(C(CC(=O)NCCc2ccc(OC)c(OC)c2)c2cn(C)c3ccccc23)cc1. The van der Waals surface area contributed by atoms with Gasteiger partial charge in [-0.1, -0.05) is 36.4 Å². The van der Waals surface area contributed by atoms with E-state index in [0.717, 1.165) is 33.3 Å². The summed E-state index contributed by atoms with van der Waals surface area (Å²) < 4.78 is 18.1. The number of hydrogen-bond donors (Lipinski definition) is 1. The van der Waals surface area contributed by atoms with Gasteiger partial charge in [0.1, 0.15) is 5.75 Å². The highest BCUT2D eigenvalue weighted by Gasteiger charge is 2.22. The average Bonchev–Trinajstić information content (AvgIpc) is 3.23. The minimum atomic E-state index is -0.0758. The van der Waals surface area contributed by atoms with Gasteiger partial charge in [0.25, 0.3) is 0 Å². The van der Waals surface area contributed by atoms with Gasteiger partial charge in [0.2, 0.25) is 5.91 Å². The van der Waals surface area contributed by atoms with Gasteiger partial charge >= 0.3 is 0 Å². The second-order valence-corrected chi connectivity index (χ2v) is 8.53. The number of methoxy groups -OCH3 is 3. The summed E-state index contributed by atoms with van der Waals surface area (Å²) in [6.07, 6.45) is 3.19. The van der Waals surface area contributed by atoms with Gasteiger partial charge in [0.05, 0.1) is 21.3 Å². The summed E-state index contributed by atoms with van der Waals surface area (Å²) >= 11 is 0. The van der Waals surface area contributed by atoms with E-state index in [1.54, 1.807) is 21.3 Å². The third kappa shape index (κ3) is 5.43. The third-order valence-electron chi connectivity index (χ3n) is 6.39. The maximum absolute atomic E-state index is 13.1. The molecule has 0 aliphatic heterocycles. The van der Waals surface area contributed by atoms with E-state index in [2.05, 4.69) is 28.2 Å². The molecule has 4 rings (SSSR count). The predicted octanol–water partition coefficient (Wildman–Crippen LogP) is 5.09. The van der Waals surface area contributed by atoms with Crippen molar-refractivity contribution in [2.75, 3.05) is 27.9 Å². The van der Waals surface area contributed by atoms with Gasteiger partial charge in [-0.25, -0.2) is 0 Å². The number of benzene rings is 3. The van der Waals surface area contributed by atoms with Gasteiger partial charge in [0.15, 0.2) is 11.5 Å². The third-order valence-corrected chi connectivity index (χ3v) is 6.39.